The number of hydrogen-bond donors (Lipinski definition) is 2. The van der Waals surface area contributed by atoms with Gasteiger partial charge in [0.1, 0.15) is 5.70 Å². The van der Waals surface area contributed by atoms with E-state index in [-0.39, 0.29) is 36.5 Å². The Morgan fingerprint density at radius 2 is 2.15 bits per heavy atom. The van der Waals surface area contributed by atoms with Crippen LogP contribution < -0.4 is 10.9 Å². The minimum absolute atomic E-state index is 0.0570. The Balaban J connectivity index is 1.97. The molecule has 1 aliphatic rings. The summed E-state index contributed by atoms with van der Waals surface area (Å²) >= 11 is 0. The van der Waals surface area contributed by atoms with Crippen LogP contribution in [0.25, 0.3) is 10.9 Å². The molecule has 0 spiro atoms. The smallest absolute Gasteiger partial charge is 0.337 e. The fourth-order valence-electron chi connectivity index (χ4n) is 2.95. The lowest BCUT2D eigenvalue weighted by Crippen LogP contribution is -2.31. The number of anilines is 1. The third-order valence-corrected chi connectivity index (χ3v) is 4.39. The normalized spacial score (nSPS) is 14.2. The molecule has 27 heavy (non-hydrogen) atoms. The number of nitrogens with one attached hydrogen (secondary N) is 1. The number of esters is 1. The second-order valence-corrected chi connectivity index (χ2v) is 5.99. The highest BCUT2D eigenvalue weighted by atomic mass is 16.5. The largest absolute Gasteiger partial charge is 0.466 e. The molecule has 0 aliphatic carbocycles. The van der Waals surface area contributed by atoms with Gasteiger partial charge < -0.3 is 20.1 Å². The lowest BCUT2D eigenvalue weighted by molar-refractivity contribution is -0.136. The van der Waals surface area contributed by atoms with E-state index in [4.69, 9.17) is 9.84 Å². The topological polar surface area (TPSA) is 114 Å². The van der Waals surface area contributed by atoms with E-state index in [0.717, 1.165) is 0 Å². The second-order valence-electron chi connectivity index (χ2n) is 5.99. The zero-order valence-electron chi connectivity index (χ0n) is 15.1. The quantitative estimate of drug-likeness (QED) is 0.691. The van der Waals surface area contributed by atoms with Gasteiger partial charge in [0.2, 0.25) is 0 Å². The third-order valence-electron chi connectivity index (χ3n) is 4.39. The van der Waals surface area contributed by atoms with Crippen molar-refractivity contribution in [2.24, 2.45) is 0 Å². The summed E-state index contributed by atoms with van der Waals surface area (Å²) in [6.45, 7) is 2.33. The molecular formula is C18H20N4O5. The Kier molecular flexibility index (Phi) is 5.22. The van der Waals surface area contributed by atoms with Crippen molar-refractivity contribution in [3.63, 3.8) is 0 Å². The van der Waals surface area contributed by atoms with Crippen LogP contribution in [0.4, 0.5) is 5.69 Å². The molecule has 1 aromatic heterocycles. The van der Waals surface area contributed by atoms with Gasteiger partial charge in [0, 0.05) is 18.8 Å². The molecule has 0 radical (unpaired) electrons. The van der Waals surface area contributed by atoms with Crippen molar-refractivity contribution < 1.29 is 19.4 Å². The van der Waals surface area contributed by atoms with Crippen LogP contribution in [0.5, 0.6) is 0 Å². The molecule has 3 rings (SSSR count). The molecule has 9 nitrogen and oxygen atoms in total. The molecule has 1 amide bonds. The number of rotatable bonds is 6. The van der Waals surface area contributed by atoms with Crippen molar-refractivity contribution in [3.8, 4) is 0 Å². The van der Waals surface area contributed by atoms with Crippen LogP contribution in [0.2, 0.25) is 0 Å². The number of β-amino-alcohol motifs (C(OH)–C–C–N with tert-alkyl or cyclic N) is 1. The summed E-state index contributed by atoms with van der Waals surface area (Å²) in [6, 6.07) is 4.92. The molecule has 142 valence electrons. The van der Waals surface area contributed by atoms with Crippen molar-refractivity contribution in [1.82, 2.24) is 14.5 Å². The van der Waals surface area contributed by atoms with Crippen LogP contribution >= 0.6 is 0 Å². The Hall–Kier alpha value is -3.20. The third kappa shape index (κ3) is 3.41. The van der Waals surface area contributed by atoms with E-state index in [1.54, 1.807) is 18.2 Å². The number of hydrogen-bond acceptors (Lipinski definition) is 7. The van der Waals surface area contributed by atoms with Gasteiger partial charge in [0.25, 0.3) is 11.5 Å². The van der Waals surface area contributed by atoms with Crippen molar-refractivity contribution in [2.45, 2.75) is 13.5 Å². The van der Waals surface area contributed by atoms with E-state index >= 15 is 0 Å². The number of aryl methyl sites for hydroxylation is 1. The zero-order chi connectivity index (χ0) is 19.6. The van der Waals surface area contributed by atoms with Crippen LogP contribution in [0.3, 0.4) is 0 Å². The molecule has 0 unspecified atom stereocenters. The number of carbonyl (C=O) groups is 2. The fraction of sp³-hybridized carbons (Fsp3) is 0.333. The van der Waals surface area contributed by atoms with Crippen LogP contribution in [0.15, 0.2) is 40.6 Å². The number of fused-ring (bicyclic) bond motifs is 1. The van der Waals surface area contributed by atoms with E-state index in [0.29, 0.717) is 23.1 Å². The average Bonchev–Trinajstić information content (AvgIpc) is 2.98. The zero-order valence-corrected chi connectivity index (χ0v) is 15.1. The number of amides is 1. The van der Waals surface area contributed by atoms with Gasteiger partial charge in [0.15, 0.2) is 0 Å². The summed E-state index contributed by atoms with van der Waals surface area (Å²) in [5.41, 5.74) is 1.13. The van der Waals surface area contributed by atoms with Gasteiger partial charge >= 0.3 is 5.97 Å². The predicted octanol–water partition coefficient (Wildman–Crippen LogP) is 0.0899. The molecule has 2 heterocycles. The Bertz CT molecular complexity index is 995. The van der Waals surface area contributed by atoms with Gasteiger partial charge in [0.05, 0.1) is 43.1 Å². The van der Waals surface area contributed by atoms with E-state index < -0.39 is 11.9 Å². The van der Waals surface area contributed by atoms with Gasteiger partial charge in [-0.3, -0.25) is 14.2 Å². The summed E-state index contributed by atoms with van der Waals surface area (Å²) in [7, 11) is 1.24. The molecule has 9 heteroatoms. The van der Waals surface area contributed by atoms with Crippen molar-refractivity contribution in [2.75, 3.05) is 32.1 Å². The molecule has 0 saturated heterocycles. The Morgan fingerprint density at radius 3 is 2.81 bits per heavy atom. The van der Waals surface area contributed by atoms with Gasteiger partial charge in [-0.05, 0) is 25.1 Å². The molecular weight excluding hydrogens is 352 g/mol. The first-order valence-corrected chi connectivity index (χ1v) is 8.48. The minimum atomic E-state index is -0.615. The standard InChI is InChI=1S/C18H20N4O5/c1-3-21-10-19-14-8-11(4-5-12(14)16(21)24)20-15-13(18(26)27-2)9-22(6-7-23)17(15)25/h4-5,8,10,20,23H,3,6-7,9H2,1-2H3. The lowest BCUT2D eigenvalue weighted by atomic mass is 10.2. The first-order chi connectivity index (χ1) is 13.0. The van der Waals surface area contributed by atoms with Gasteiger partial charge in [-0.15, -0.1) is 0 Å². The second kappa shape index (κ2) is 7.58. The Labute approximate surface area is 154 Å². The molecule has 0 atom stereocenters. The molecule has 1 aromatic carbocycles. The predicted molar refractivity (Wildman–Crippen MR) is 98.0 cm³/mol. The summed E-state index contributed by atoms with van der Waals surface area (Å²) in [6.07, 6.45) is 1.47. The fourth-order valence-corrected chi connectivity index (χ4v) is 2.95. The number of aliphatic hydroxyl groups is 1. The first kappa shape index (κ1) is 18.6. The molecule has 2 N–H and O–H groups in total. The highest BCUT2D eigenvalue weighted by molar-refractivity contribution is 6.08. The maximum absolute atomic E-state index is 12.5. The number of ether oxygens (including phenoxy) is 1. The molecule has 0 fully saturated rings. The summed E-state index contributed by atoms with van der Waals surface area (Å²) < 4.78 is 6.25. The van der Waals surface area contributed by atoms with E-state index in [9.17, 15) is 14.4 Å². The van der Waals surface area contributed by atoms with Crippen molar-refractivity contribution >= 4 is 28.5 Å². The number of aliphatic hydroxyl groups excluding tert-OH is 1. The molecule has 0 bridgehead atoms. The molecule has 2 aromatic rings. The van der Waals surface area contributed by atoms with Crippen LogP contribution in [-0.4, -0.2) is 58.2 Å². The maximum atomic E-state index is 12.5. The first-order valence-electron chi connectivity index (χ1n) is 8.48. The van der Waals surface area contributed by atoms with E-state index in [1.807, 2.05) is 6.92 Å². The minimum Gasteiger partial charge on any atom is -0.466 e. The van der Waals surface area contributed by atoms with Gasteiger partial charge in [-0.1, -0.05) is 0 Å². The van der Waals surface area contributed by atoms with Crippen LogP contribution in [-0.2, 0) is 20.9 Å². The van der Waals surface area contributed by atoms with Crippen molar-refractivity contribution in [3.05, 3.63) is 46.2 Å². The molecule has 0 saturated carbocycles. The highest BCUT2D eigenvalue weighted by Gasteiger charge is 2.34. The highest BCUT2D eigenvalue weighted by Crippen LogP contribution is 2.24. The van der Waals surface area contributed by atoms with E-state index in [1.165, 1.54) is 22.9 Å². The van der Waals surface area contributed by atoms with Crippen LogP contribution in [0.1, 0.15) is 6.92 Å². The number of benzene rings is 1. The SMILES string of the molecule is CCn1cnc2cc(NC3=C(C(=O)OC)CN(CCO)C3=O)ccc2c1=O. The number of aromatic nitrogens is 2. The maximum Gasteiger partial charge on any atom is 0.337 e. The van der Waals surface area contributed by atoms with Crippen molar-refractivity contribution in [1.29, 1.82) is 0 Å². The summed E-state index contributed by atoms with van der Waals surface area (Å²) in [5.74, 6) is -1.02. The van der Waals surface area contributed by atoms with Gasteiger partial charge in [-0.25, -0.2) is 9.78 Å². The average molecular weight is 372 g/mol. The van der Waals surface area contributed by atoms with E-state index in [2.05, 4.69) is 10.3 Å². The lowest BCUT2D eigenvalue weighted by Gasteiger charge is -2.15. The Morgan fingerprint density at radius 1 is 1.37 bits per heavy atom. The molecule has 1 aliphatic heterocycles. The number of nitrogens with zero attached hydrogens (tertiary/aromatic N) is 3. The van der Waals surface area contributed by atoms with Gasteiger partial charge in [-0.2, -0.15) is 0 Å². The van der Waals surface area contributed by atoms with Crippen LogP contribution in [0, 0.1) is 0 Å². The number of methoxy groups -OCH3 is 1. The number of carbonyl (C=O) groups excluding carboxylic acids is 2. The summed E-state index contributed by atoms with van der Waals surface area (Å²) in [5, 5.41) is 12.5. The summed E-state index contributed by atoms with van der Waals surface area (Å²) in [4.78, 5) is 42.5. The monoisotopic (exact) mass is 372 g/mol.